The van der Waals surface area contributed by atoms with Gasteiger partial charge < -0.3 is 35.6 Å². The average Bonchev–Trinajstić information content (AvgIpc) is 2.80. The summed E-state index contributed by atoms with van der Waals surface area (Å²) in [6.45, 7) is 5.94. The van der Waals surface area contributed by atoms with Crippen molar-refractivity contribution in [3.05, 3.63) is 35.9 Å². The van der Waals surface area contributed by atoms with E-state index in [1.807, 2.05) is 18.2 Å². The molecule has 0 spiro atoms. The van der Waals surface area contributed by atoms with Crippen LogP contribution in [0.5, 0.6) is 0 Å². The van der Waals surface area contributed by atoms with Crippen molar-refractivity contribution < 1.29 is 38.9 Å². The first-order valence-electron chi connectivity index (χ1n) is 11.1. The van der Waals surface area contributed by atoms with Crippen molar-refractivity contribution in [3.63, 3.8) is 0 Å². The van der Waals surface area contributed by atoms with Crippen LogP contribution in [0, 0.1) is 5.92 Å². The minimum absolute atomic E-state index is 0.0347. The molecule has 1 rings (SSSR count). The number of aliphatic hydroxyl groups is 2. The molecule has 0 unspecified atom stereocenters. The first kappa shape index (κ1) is 28.9. The molecule has 0 saturated heterocycles. The number of hydrogen-bond acceptors (Lipinski definition) is 8. The molecule has 5 N–H and O–H groups in total. The highest BCUT2D eigenvalue weighted by Gasteiger charge is 2.30. The standard InChI is InChI=1S/C23H35N3O8/c1-5-33-19(29)11-17(18(28)12-27)25-21(30)15(4)24-22(31)20(14(2)3)26-23(32)34-13-16-9-7-6-8-10-16/h6-10,14-15,17-18,20,27-28H,5,11-13H2,1-4H3,(H,24,31)(H,25,30)(H,26,32)/t15-,17-,18-,20-/m0/s1. The predicted molar refractivity (Wildman–Crippen MR) is 122 cm³/mol. The van der Waals surface area contributed by atoms with E-state index in [0.717, 1.165) is 5.56 Å². The largest absolute Gasteiger partial charge is 0.466 e. The molecule has 0 heterocycles. The fraction of sp³-hybridized carbons (Fsp3) is 0.565. The van der Waals surface area contributed by atoms with E-state index in [9.17, 15) is 29.4 Å². The Bertz CT molecular complexity index is 803. The molecule has 0 fully saturated rings. The Morgan fingerprint density at radius 2 is 1.59 bits per heavy atom. The van der Waals surface area contributed by atoms with E-state index in [4.69, 9.17) is 9.47 Å². The van der Waals surface area contributed by atoms with Crippen LogP contribution in [0.3, 0.4) is 0 Å². The van der Waals surface area contributed by atoms with E-state index >= 15 is 0 Å². The van der Waals surface area contributed by atoms with Gasteiger partial charge in [0.25, 0.3) is 0 Å². The molecule has 1 aromatic carbocycles. The van der Waals surface area contributed by atoms with E-state index in [-0.39, 0.29) is 25.6 Å². The summed E-state index contributed by atoms with van der Waals surface area (Å²) in [5.74, 6) is -2.27. The number of aliphatic hydroxyl groups excluding tert-OH is 2. The van der Waals surface area contributed by atoms with Gasteiger partial charge in [0.15, 0.2) is 0 Å². The quantitative estimate of drug-likeness (QED) is 0.250. The molecule has 0 aliphatic heterocycles. The molecule has 0 aliphatic rings. The van der Waals surface area contributed by atoms with Crippen molar-refractivity contribution in [3.8, 4) is 0 Å². The topological polar surface area (TPSA) is 163 Å². The maximum absolute atomic E-state index is 12.7. The van der Waals surface area contributed by atoms with Gasteiger partial charge in [0.2, 0.25) is 11.8 Å². The second kappa shape index (κ2) is 14.9. The van der Waals surface area contributed by atoms with Crippen LogP contribution in [0.4, 0.5) is 4.79 Å². The summed E-state index contributed by atoms with van der Waals surface area (Å²) in [5.41, 5.74) is 0.788. The Morgan fingerprint density at radius 3 is 2.15 bits per heavy atom. The van der Waals surface area contributed by atoms with Gasteiger partial charge in [0.1, 0.15) is 18.7 Å². The number of nitrogens with one attached hydrogen (secondary N) is 3. The molecule has 4 atom stereocenters. The number of alkyl carbamates (subject to hydrolysis) is 1. The maximum atomic E-state index is 12.7. The van der Waals surface area contributed by atoms with Crippen molar-refractivity contribution in [2.45, 2.75) is 65.0 Å². The number of ether oxygens (including phenoxy) is 2. The van der Waals surface area contributed by atoms with E-state index < -0.39 is 54.7 Å². The van der Waals surface area contributed by atoms with Crippen LogP contribution in [-0.4, -0.2) is 71.5 Å². The third kappa shape index (κ3) is 10.2. The first-order chi connectivity index (χ1) is 16.1. The van der Waals surface area contributed by atoms with Crippen LogP contribution < -0.4 is 16.0 Å². The summed E-state index contributed by atoms with van der Waals surface area (Å²) in [4.78, 5) is 49.2. The molecule has 34 heavy (non-hydrogen) atoms. The SMILES string of the molecule is CCOC(=O)C[C@H](NC(=O)[C@H](C)NC(=O)[C@@H](NC(=O)OCc1ccccc1)C(C)C)[C@@H](O)CO. The van der Waals surface area contributed by atoms with Crippen molar-refractivity contribution in [2.75, 3.05) is 13.2 Å². The zero-order valence-corrected chi connectivity index (χ0v) is 19.9. The second-order valence-corrected chi connectivity index (χ2v) is 8.03. The van der Waals surface area contributed by atoms with Crippen molar-refractivity contribution in [1.82, 2.24) is 16.0 Å². The Kier molecular flexibility index (Phi) is 12.6. The number of rotatable bonds is 13. The molecule has 0 aromatic heterocycles. The van der Waals surface area contributed by atoms with Crippen LogP contribution in [-0.2, 0) is 30.5 Å². The van der Waals surface area contributed by atoms with Crippen LogP contribution in [0.2, 0.25) is 0 Å². The molecule has 1 aromatic rings. The number of benzene rings is 1. The zero-order valence-electron chi connectivity index (χ0n) is 19.9. The van der Waals surface area contributed by atoms with Gasteiger partial charge in [-0.05, 0) is 25.3 Å². The van der Waals surface area contributed by atoms with Crippen LogP contribution in [0.1, 0.15) is 39.7 Å². The van der Waals surface area contributed by atoms with Crippen molar-refractivity contribution in [1.29, 1.82) is 0 Å². The zero-order chi connectivity index (χ0) is 25.7. The lowest BCUT2D eigenvalue weighted by Crippen LogP contribution is -2.56. The number of hydrogen-bond donors (Lipinski definition) is 5. The highest BCUT2D eigenvalue weighted by molar-refractivity contribution is 5.91. The van der Waals surface area contributed by atoms with Crippen LogP contribution >= 0.6 is 0 Å². The number of esters is 1. The summed E-state index contributed by atoms with van der Waals surface area (Å²) in [5, 5.41) is 26.6. The smallest absolute Gasteiger partial charge is 0.408 e. The van der Waals surface area contributed by atoms with Crippen LogP contribution in [0.25, 0.3) is 0 Å². The molecule has 190 valence electrons. The lowest BCUT2D eigenvalue weighted by molar-refractivity contribution is -0.145. The van der Waals surface area contributed by atoms with Gasteiger partial charge in [-0.25, -0.2) is 4.79 Å². The number of carbonyl (C=O) groups is 4. The molecule has 0 aliphatic carbocycles. The average molecular weight is 482 g/mol. The Balaban J connectivity index is 2.68. The molecule has 11 nitrogen and oxygen atoms in total. The predicted octanol–water partition coefficient (Wildman–Crippen LogP) is 0.233. The fourth-order valence-corrected chi connectivity index (χ4v) is 2.91. The summed E-state index contributed by atoms with van der Waals surface area (Å²) in [6.07, 6.45) is -2.54. The Morgan fingerprint density at radius 1 is 0.941 bits per heavy atom. The highest BCUT2D eigenvalue weighted by Crippen LogP contribution is 2.06. The number of amides is 3. The first-order valence-corrected chi connectivity index (χ1v) is 11.1. The van der Waals surface area contributed by atoms with Gasteiger partial charge in [0.05, 0.1) is 31.8 Å². The van der Waals surface area contributed by atoms with Gasteiger partial charge in [0, 0.05) is 0 Å². The van der Waals surface area contributed by atoms with Crippen molar-refractivity contribution >= 4 is 23.9 Å². The summed E-state index contributed by atoms with van der Waals surface area (Å²) in [6, 6.07) is 5.90. The monoisotopic (exact) mass is 481 g/mol. The van der Waals surface area contributed by atoms with Gasteiger partial charge in [-0.1, -0.05) is 44.2 Å². The van der Waals surface area contributed by atoms with E-state index in [1.54, 1.807) is 32.9 Å². The van der Waals surface area contributed by atoms with Gasteiger partial charge >= 0.3 is 12.1 Å². The summed E-state index contributed by atoms with van der Waals surface area (Å²) < 4.78 is 9.97. The third-order valence-electron chi connectivity index (χ3n) is 4.86. The lowest BCUT2D eigenvalue weighted by atomic mass is 10.0. The third-order valence-corrected chi connectivity index (χ3v) is 4.86. The van der Waals surface area contributed by atoms with E-state index in [1.165, 1.54) is 6.92 Å². The number of carbonyl (C=O) groups excluding carboxylic acids is 4. The van der Waals surface area contributed by atoms with Gasteiger partial charge in [-0.15, -0.1) is 0 Å². The van der Waals surface area contributed by atoms with E-state index in [2.05, 4.69) is 16.0 Å². The van der Waals surface area contributed by atoms with Crippen LogP contribution in [0.15, 0.2) is 30.3 Å². The fourth-order valence-electron chi connectivity index (χ4n) is 2.91. The second-order valence-electron chi connectivity index (χ2n) is 8.03. The molecule has 0 saturated carbocycles. The summed E-state index contributed by atoms with van der Waals surface area (Å²) in [7, 11) is 0. The highest BCUT2D eigenvalue weighted by atomic mass is 16.5. The van der Waals surface area contributed by atoms with Gasteiger partial charge in [-0.3, -0.25) is 14.4 Å². The lowest BCUT2D eigenvalue weighted by Gasteiger charge is -2.26. The van der Waals surface area contributed by atoms with Crippen molar-refractivity contribution in [2.24, 2.45) is 5.92 Å². The minimum Gasteiger partial charge on any atom is -0.466 e. The molecular formula is C23H35N3O8. The molecule has 0 bridgehead atoms. The maximum Gasteiger partial charge on any atom is 0.408 e. The summed E-state index contributed by atoms with van der Waals surface area (Å²) >= 11 is 0. The normalized spacial score (nSPS) is 14.3. The molecule has 0 radical (unpaired) electrons. The Hall–Kier alpha value is -3.18. The van der Waals surface area contributed by atoms with E-state index in [0.29, 0.717) is 0 Å². The molecule has 3 amide bonds. The Labute approximate surface area is 199 Å². The minimum atomic E-state index is -1.40. The molecular weight excluding hydrogens is 446 g/mol. The molecule has 11 heteroatoms. The van der Waals surface area contributed by atoms with Gasteiger partial charge in [-0.2, -0.15) is 0 Å².